The first-order valence-electron chi connectivity index (χ1n) is 7.47. The van der Waals surface area contributed by atoms with E-state index in [1.165, 1.54) is 58.0 Å². The first kappa shape index (κ1) is 13.4. The molecule has 1 N–H and O–H groups in total. The minimum Gasteiger partial charge on any atom is -0.392 e. The van der Waals surface area contributed by atoms with Crippen molar-refractivity contribution in [2.45, 2.75) is 64.9 Å². The fourth-order valence-corrected chi connectivity index (χ4v) is 3.42. The highest BCUT2D eigenvalue weighted by Gasteiger charge is 2.27. The van der Waals surface area contributed by atoms with Crippen molar-refractivity contribution in [3.63, 3.8) is 0 Å². The molecule has 1 saturated heterocycles. The maximum atomic E-state index is 10.3. The SMILES string of the molecule is CC1(C)CCCN(CC(O)C2CCCC2)CC1. The second kappa shape index (κ2) is 5.71. The van der Waals surface area contributed by atoms with Crippen LogP contribution in [0.1, 0.15) is 58.8 Å². The van der Waals surface area contributed by atoms with E-state index in [0.29, 0.717) is 11.3 Å². The quantitative estimate of drug-likeness (QED) is 0.818. The second-order valence-electron chi connectivity index (χ2n) is 6.93. The number of nitrogens with zero attached hydrogens (tertiary/aromatic N) is 1. The Morgan fingerprint density at radius 3 is 2.53 bits per heavy atom. The van der Waals surface area contributed by atoms with Gasteiger partial charge in [0.1, 0.15) is 0 Å². The summed E-state index contributed by atoms with van der Waals surface area (Å²) in [7, 11) is 0. The van der Waals surface area contributed by atoms with Crippen LogP contribution < -0.4 is 0 Å². The molecule has 1 heterocycles. The Labute approximate surface area is 106 Å². The molecule has 0 spiro atoms. The van der Waals surface area contributed by atoms with Crippen molar-refractivity contribution in [3.05, 3.63) is 0 Å². The number of aliphatic hydroxyl groups is 1. The highest BCUT2D eigenvalue weighted by molar-refractivity contribution is 4.81. The van der Waals surface area contributed by atoms with Crippen molar-refractivity contribution in [2.75, 3.05) is 19.6 Å². The lowest BCUT2D eigenvalue weighted by atomic mass is 9.85. The molecule has 2 rings (SSSR count). The Kier molecular flexibility index (Phi) is 4.48. The van der Waals surface area contributed by atoms with E-state index in [1.54, 1.807) is 0 Å². The van der Waals surface area contributed by atoms with Gasteiger partial charge in [-0.25, -0.2) is 0 Å². The predicted octanol–water partition coefficient (Wildman–Crippen LogP) is 3.05. The van der Waals surface area contributed by atoms with E-state index in [2.05, 4.69) is 18.7 Å². The van der Waals surface area contributed by atoms with Crippen molar-refractivity contribution in [2.24, 2.45) is 11.3 Å². The number of rotatable bonds is 3. The fraction of sp³-hybridized carbons (Fsp3) is 1.00. The minimum atomic E-state index is -0.0706. The van der Waals surface area contributed by atoms with E-state index in [9.17, 15) is 5.11 Å². The van der Waals surface area contributed by atoms with E-state index in [0.717, 1.165) is 6.54 Å². The van der Waals surface area contributed by atoms with Crippen molar-refractivity contribution >= 4 is 0 Å². The molecule has 0 amide bonds. The normalized spacial score (nSPS) is 29.1. The van der Waals surface area contributed by atoms with Gasteiger partial charge in [-0.1, -0.05) is 26.7 Å². The Bertz CT molecular complexity index is 233. The number of likely N-dealkylation sites (tertiary alicyclic amines) is 1. The molecule has 1 unspecified atom stereocenters. The summed E-state index contributed by atoms with van der Waals surface area (Å²) in [6.07, 6.45) is 9.00. The molecule has 0 aromatic carbocycles. The zero-order chi connectivity index (χ0) is 12.3. The highest BCUT2D eigenvalue weighted by atomic mass is 16.3. The Balaban J connectivity index is 1.78. The Hall–Kier alpha value is -0.0800. The lowest BCUT2D eigenvalue weighted by Crippen LogP contribution is -2.36. The Morgan fingerprint density at radius 1 is 1.12 bits per heavy atom. The van der Waals surface area contributed by atoms with Crippen LogP contribution in [0.25, 0.3) is 0 Å². The van der Waals surface area contributed by atoms with Crippen LogP contribution in [0.2, 0.25) is 0 Å². The molecule has 2 heteroatoms. The van der Waals surface area contributed by atoms with Crippen LogP contribution in [0.3, 0.4) is 0 Å². The number of β-amino-alcohol motifs (C(OH)–C–C–N with tert-alkyl or cyclic N) is 1. The lowest BCUT2D eigenvalue weighted by Gasteiger charge is -2.27. The minimum absolute atomic E-state index is 0.0706. The van der Waals surface area contributed by atoms with Gasteiger partial charge in [-0.05, 0) is 56.5 Å². The molecular formula is C15H29NO. The molecular weight excluding hydrogens is 210 g/mol. The summed E-state index contributed by atoms with van der Waals surface area (Å²) >= 11 is 0. The zero-order valence-electron chi connectivity index (χ0n) is 11.6. The third kappa shape index (κ3) is 3.96. The predicted molar refractivity (Wildman–Crippen MR) is 72.0 cm³/mol. The van der Waals surface area contributed by atoms with Gasteiger partial charge >= 0.3 is 0 Å². The highest BCUT2D eigenvalue weighted by Crippen LogP contribution is 2.31. The molecule has 17 heavy (non-hydrogen) atoms. The third-order valence-electron chi connectivity index (χ3n) is 4.82. The van der Waals surface area contributed by atoms with Gasteiger partial charge in [-0.2, -0.15) is 0 Å². The van der Waals surface area contributed by atoms with Gasteiger partial charge in [-0.3, -0.25) is 0 Å². The van der Waals surface area contributed by atoms with Crippen LogP contribution in [0, 0.1) is 11.3 Å². The molecule has 0 aromatic heterocycles. The molecule has 0 radical (unpaired) electrons. The van der Waals surface area contributed by atoms with Crippen molar-refractivity contribution in [1.82, 2.24) is 4.90 Å². The van der Waals surface area contributed by atoms with Crippen LogP contribution in [0.4, 0.5) is 0 Å². The van der Waals surface area contributed by atoms with Gasteiger partial charge < -0.3 is 10.0 Å². The van der Waals surface area contributed by atoms with Gasteiger partial charge in [0, 0.05) is 6.54 Å². The second-order valence-corrected chi connectivity index (χ2v) is 6.93. The number of hydrogen-bond acceptors (Lipinski definition) is 2. The number of aliphatic hydroxyl groups excluding tert-OH is 1. The number of hydrogen-bond donors (Lipinski definition) is 1. The van der Waals surface area contributed by atoms with Gasteiger partial charge in [0.15, 0.2) is 0 Å². The van der Waals surface area contributed by atoms with Crippen LogP contribution in [0.5, 0.6) is 0 Å². The maximum Gasteiger partial charge on any atom is 0.0695 e. The van der Waals surface area contributed by atoms with Gasteiger partial charge in [0.2, 0.25) is 0 Å². The summed E-state index contributed by atoms with van der Waals surface area (Å²) < 4.78 is 0. The standard InChI is InChI=1S/C15H29NO/c1-15(2)8-5-10-16(11-9-15)12-14(17)13-6-3-4-7-13/h13-14,17H,3-12H2,1-2H3. The summed E-state index contributed by atoms with van der Waals surface area (Å²) in [4.78, 5) is 2.50. The first-order valence-corrected chi connectivity index (χ1v) is 7.47. The molecule has 1 saturated carbocycles. The average Bonchev–Trinajstić information content (AvgIpc) is 2.73. The van der Waals surface area contributed by atoms with Crippen LogP contribution in [-0.2, 0) is 0 Å². The molecule has 1 aliphatic heterocycles. The zero-order valence-corrected chi connectivity index (χ0v) is 11.6. The lowest BCUT2D eigenvalue weighted by molar-refractivity contribution is 0.0658. The van der Waals surface area contributed by atoms with Crippen molar-refractivity contribution in [1.29, 1.82) is 0 Å². The first-order chi connectivity index (χ1) is 8.07. The van der Waals surface area contributed by atoms with Crippen LogP contribution in [0.15, 0.2) is 0 Å². The topological polar surface area (TPSA) is 23.5 Å². The molecule has 0 bridgehead atoms. The summed E-state index contributed by atoms with van der Waals surface area (Å²) in [5.74, 6) is 0.589. The Morgan fingerprint density at radius 2 is 1.82 bits per heavy atom. The summed E-state index contributed by atoms with van der Waals surface area (Å²) in [6, 6.07) is 0. The van der Waals surface area contributed by atoms with Gasteiger partial charge in [-0.15, -0.1) is 0 Å². The van der Waals surface area contributed by atoms with Gasteiger partial charge in [0.05, 0.1) is 6.10 Å². The van der Waals surface area contributed by atoms with Crippen LogP contribution >= 0.6 is 0 Å². The van der Waals surface area contributed by atoms with Crippen LogP contribution in [-0.4, -0.2) is 35.7 Å². The maximum absolute atomic E-state index is 10.3. The molecule has 100 valence electrons. The molecule has 1 aliphatic carbocycles. The van der Waals surface area contributed by atoms with E-state index in [4.69, 9.17) is 0 Å². The average molecular weight is 239 g/mol. The smallest absolute Gasteiger partial charge is 0.0695 e. The summed E-state index contributed by atoms with van der Waals surface area (Å²) in [5, 5.41) is 10.3. The van der Waals surface area contributed by atoms with E-state index in [1.807, 2.05) is 0 Å². The van der Waals surface area contributed by atoms with Crippen molar-refractivity contribution < 1.29 is 5.11 Å². The van der Waals surface area contributed by atoms with Crippen molar-refractivity contribution in [3.8, 4) is 0 Å². The monoisotopic (exact) mass is 239 g/mol. The van der Waals surface area contributed by atoms with E-state index >= 15 is 0 Å². The molecule has 0 aromatic rings. The summed E-state index contributed by atoms with van der Waals surface area (Å²) in [5.41, 5.74) is 0.507. The molecule has 2 fully saturated rings. The largest absolute Gasteiger partial charge is 0.392 e. The molecule has 1 atom stereocenters. The van der Waals surface area contributed by atoms with E-state index < -0.39 is 0 Å². The van der Waals surface area contributed by atoms with E-state index in [-0.39, 0.29) is 6.10 Å². The van der Waals surface area contributed by atoms with Gasteiger partial charge in [0.25, 0.3) is 0 Å². The fourth-order valence-electron chi connectivity index (χ4n) is 3.42. The summed E-state index contributed by atoms with van der Waals surface area (Å²) in [6.45, 7) is 8.04. The molecule has 2 aliphatic rings. The third-order valence-corrected chi connectivity index (χ3v) is 4.82. The molecule has 2 nitrogen and oxygen atoms in total.